The Bertz CT molecular complexity index is 1920. The highest BCUT2D eigenvalue weighted by molar-refractivity contribution is 8.00. The summed E-state index contributed by atoms with van der Waals surface area (Å²) >= 11 is 4.69. The molecule has 0 spiro atoms. The normalized spacial score (nSPS) is 10.7. The van der Waals surface area contributed by atoms with Crippen molar-refractivity contribution in [3.8, 4) is 23.0 Å². The van der Waals surface area contributed by atoms with Crippen LogP contribution in [0.5, 0.6) is 23.0 Å². The van der Waals surface area contributed by atoms with Gasteiger partial charge in [0.15, 0.2) is 0 Å². The number of carbonyl (C=O) groups excluding carboxylic acids is 1. The summed E-state index contributed by atoms with van der Waals surface area (Å²) in [5.41, 5.74) is 3.90. The first kappa shape index (κ1) is 54.2. The zero-order valence-electron chi connectivity index (χ0n) is 39.1. The van der Waals surface area contributed by atoms with Crippen molar-refractivity contribution in [1.29, 1.82) is 0 Å². The van der Waals surface area contributed by atoms with Gasteiger partial charge in [-0.2, -0.15) is 0 Å². The van der Waals surface area contributed by atoms with Crippen molar-refractivity contribution in [2.75, 3.05) is 12.4 Å². The molecular weight excluding hydrogens is 853 g/mol. The van der Waals surface area contributed by atoms with E-state index in [0.29, 0.717) is 13.0 Å². The smallest absolute Gasteiger partial charge is 0.306 e. The van der Waals surface area contributed by atoms with E-state index in [1.54, 1.807) is 47.8 Å². The highest BCUT2D eigenvalue weighted by Gasteiger charge is 2.12. The largest absolute Gasteiger partial charge is 0.508 e. The maximum atomic E-state index is 11.8. The minimum Gasteiger partial charge on any atom is -0.508 e. The lowest BCUT2D eigenvalue weighted by atomic mass is 10.0. The summed E-state index contributed by atoms with van der Waals surface area (Å²) in [6.07, 6.45) is 22.3. The molecule has 0 atom stereocenters. The Morgan fingerprint density at radius 2 is 0.891 bits per heavy atom. The third-order valence-corrected chi connectivity index (χ3v) is 13.6. The van der Waals surface area contributed by atoms with Crippen LogP contribution in [0.25, 0.3) is 0 Å². The van der Waals surface area contributed by atoms with Crippen LogP contribution in [0.2, 0.25) is 0 Å². The summed E-state index contributed by atoms with van der Waals surface area (Å²) in [7, 11) is 0. The van der Waals surface area contributed by atoms with Crippen molar-refractivity contribution in [3.63, 3.8) is 0 Å². The van der Waals surface area contributed by atoms with Crippen molar-refractivity contribution >= 4 is 41.3 Å². The van der Waals surface area contributed by atoms with Crippen LogP contribution in [0, 0.1) is 27.7 Å². The maximum Gasteiger partial charge on any atom is 0.306 e. The topological polar surface area (TPSA) is 107 Å². The van der Waals surface area contributed by atoms with E-state index in [0.717, 1.165) is 54.0 Å². The number of unbranched alkanes of at least 4 members (excludes halogenated alkanes) is 15. The molecule has 0 radical (unpaired) electrons. The highest BCUT2D eigenvalue weighted by atomic mass is 32.2. The third-order valence-electron chi connectivity index (χ3n) is 10.5. The highest BCUT2D eigenvalue weighted by Crippen LogP contribution is 2.42. The van der Waals surface area contributed by atoms with E-state index >= 15 is 0 Å². The molecule has 0 aliphatic heterocycles. The van der Waals surface area contributed by atoms with Crippen LogP contribution in [0.1, 0.15) is 138 Å². The van der Waals surface area contributed by atoms with Gasteiger partial charge in [0.2, 0.25) is 0 Å². The fraction of sp³-hybridized carbons (Fsp3) is 0.436. The van der Waals surface area contributed by atoms with E-state index in [9.17, 15) is 15.0 Å². The number of ether oxygens (including phenoxy) is 1. The number of benzene rings is 5. The molecule has 0 aromatic heterocycles. The van der Waals surface area contributed by atoms with Gasteiger partial charge in [0.25, 0.3) is 0 Å². The van der Waals surface area contributed by atoms with Gasteiger partial charge in [0, 0.05) is 20.4 Å². The predicted octanol–water partition coefficient (Wildman–Crippen LogP) is 16.7. The number of phenols is 4. The Morgan fingerprint density at radius 3 is 1.31 bits per heavy atom. The first-order valence-electron chi connectivity index (χ1n) is 23.3. The maximum absolute atomic E-state index is 11.8. The summed E-state index contributed by atoms with van der Waals surface area (Å²) in [5, 5.41) is 38.5. The fourth-order valence-electron chi connectivity index (χ4n) is 6.96. The van der Waals surface area contributed by atoms with Gasteiger partial charge < -0.3 is 25.2 Å². The first-order valence-corrected chi connectivity index (χ1v) is 25.9. The van der Waals surface area contributed by atoms with E-state index < -0.39 is 0 Å². The molecule has 0 aliphatic rings. The lowest BCUT2D eigenvalue weighted by Gasteiger charge is -2.11. The lowest BCUT2D eigenvalue weighted by Crippen LogP contribution is -2.06. The predicted molar refractivity (Wildman–Crippen MR) is 272 cm³/mol. The molecule has 9 heteroatoms. The zero-order valence-corrected chi connectivity index (χ0v) is 41.5. The lowest BCUT2D eigenvalue weighted by molar-refractivity contribution is -0.143. The quantitative estimate of drug-likeness (QED) is 0.0259. The summed E-state index contributed by atoms with van der Waals surface area (Å²) in [5.74, 6) is 1.85. The number of hydrogen-bond acceptors (Lipinski definition) is 9. The molecule has 0 bridgehead atoms. The molecule has 5 aromatic rings. The van der Waals surface area contributed by atoms with Gasteiger partial charge in [-0.25, -0.2) is 0 Å². The number of aromatic hydroxyl groups is 4. The number of hydrogen-bond donors (Lipinski definition) is 4. The molecule has 0 fully saturated rings. The fourth-order valence-corrected chi connectivity index (χ4v) is 9.87. The molecule has 0 saturated carbocycles. The Labute approximate surface area is 398 Å². The second-order valence-corrected chi connectivity index (χ2v) is 19.9. The van der Waals surface area contributed by atoms with Gasteiger partial charge in [-0.1, -0.05) is 157 Å². The van der Waals surface area contributed by atoms with E-state index in [2.05, 4.69) is 19.1 Å². The van der Waals surface area contributed by atoms with Crippen molar-refractivity contribution in [2.45, 2.75) is 168 Å². The van der Waals surface area contributed by atoms with Gasteiger partial charge in [0.05, 0.1) is 22.8 Å². The first-order chi connectivity index (χ1) is 30.9. The summed E-state index contributed by atoms with van der Waals surface area (Å²) in [6, 6.07) is 32.0. The minimum atomic E-state index is -0.0561. The Hall–Kier alpha value is -4.18. The van der Waals surface area contributed by atoms with Gasteiger partial charge >= 0.3 is 5.97 Å². The molecular formula is C55H74O6S3. The van der Waals surface area contributed by atoms with Crippen LogP contribution in [0.4, 0.5) is 0 Å². The second-order valence-electron chi connectivity index (χ2n) is 16.5. The van der Waals surface area contributed by atoms with Crippen LogP contribution >= 0.6 is 35.3 Å². The van der Waals surface area contributed by atoms with Crippen LogP contribution in [-0.4, -0.2) is 38.8 Å². The van der Waals surface area contributed by atoms with Crippen molar-refractivity contribution in [2.24, 2.45) is 0 Å². The number of phenolic OH excluding ortho intramolecular Hbond substituents is 4. The standard InChI is InChI=1S/C27H46O2S.C16H18O2S.C12H10O2S/c1-2-3-4-5-6-7-8-9-10-11-12-13-14-15-16-20-24-29-27(28)23-25-30-26-21-18-17-19-22-26;1-9-5-11(3)15(17)13(7-9)19-14-8-10(2)6-12(4)16(14)18;13-9-1-5-11(6-2-9)15-12-7-3-10(14)4-8-12/h17-19,21-22H,2-16,20,23-25H2,1H3;5-8,17-18H,1-4H3;1-8,13-14H. The molecule has 348 valence electrons. The molecule has 6 nitrogen and oxygen atoms in total. The summed E-state index contributed by atoms with van der Waals surface area (Å²) < 4.78 is 5.35. The number of carbonyl (C=O) groups is 1. The molecule has 0 amide bonds. The molecule has 0 unspecified atom stereocenters. The summed E-state index contributed by atoms with van der Waals surface area (Å²) in [4.78, 5) is 16.6. The van der Waals surface area contributed by atoms with Gasteiger partial charge in [-0.05, 0) is 129 Å². The van der Waals surface area contributed by atoms with Crippen LogP contribution in [0.3, 0.4) is 0 Å². The van der Waals surface area contributed by atoms with E-state index in [1.807, 2.05) is 94.4 Å². The Morgan fingerprint density at radius 1 is 0.484 bits per heavy atom. The van der Waals surface area contributed by atoms with Crippen molar-refractivity contribution < 1.29 is 30.0 Å². The molecule has 4 N–H and O–H groups in total. The molecule has 5 aromatic carbocycles. The molecule has 0 aliphatic carbocycles. The third kappa shape index (κ3) is 23.7. The monoisotopic (exact) mass is 926 g/mol. The van der Waals surface area contributed by atoms with Gasteiger partial charge in [-0.3, -0.25) is 4.79 Å². The Kier molecular flexibility index (Phi) is 27.5. The van der Waals surface area contributed by atoms with E-state index in [-0.39, 0.29) is 29.0 Å². The van der Waals surface area contributed by atoms with Crippen LogP contribution < -0.4 is 0 Å². The van der Waals surface area contributed by atoms with Crippen molar-refractivity contribution in [1.82, 2.24) is 0 Å². The molecule has 5 rings (SSSR count). The average molecular weight is 927 g/mol. The minimum absolute atomic E-state index is 0.0561. The Balaban J connectivity index is 0.000000273. The van der Waals surface area contributed by atoms with E-state index in [4.69, 9.17) is 14.9 Å². The molecule has 64 heavy (non-hydrogen) atoms. The molecule has 0 saturated heterocycles. The van der Waals surface area contributed by atoms with Crippen LogP contribution in [0.15, 0.2) is 128 Å². The van der Waals surface area contributed by atoms with Crippen molar-refractivity contribution in [3.05, 3.63) is 125 Å². The molecule has 0 heterocycles. The number of rotatable bonds is 25. The van der Waals surface area contributed by atoms with Gasteiger partial charge in [0.1, 0.15) is 23.0 Å². The SMILES string of the molecule is CCCCCCCCCCCCCCCCCCOC(=O)CCSc1ccccc1.Cc1cc(C)c(O)c(Sc2cc(C)cc(C)c2O)c1.Oc1ccc(Sc2ccc(O)cc2)cc1. The number of aryl methyl sites for hydroxylation is 4. The zero-order chi connectivity index (χ0) is 46.4. The van der Waals surface area contributed by atoms with Crippen LogP contribution in [-0.2, 0) is 9.53 Å². The number of thioether (sulfide) groups is 1. The van der Waals surface area contributed by atoms with Gasteiger partial charge in [-0.15, -0.1) is 11.8 Å². The summed E-state index contributed by atoms with van der Waals surface area (Å²) in [6.45, 7) is 10.6. The average Bonchev–Trinajstić information content (AvgIpc) is 3.28. The van der Waals surface area contributed by atoms with E-state index in [1.165, 1.54) is 113 Å². The number of esters is 1. The second kappa shape index (κ2) is 32.5.